The van der Waals surface area contributed by atoms with E-state index in [2.05, 4.69) is 34.6 Å². The lowest BCUT2D eigenvalue weighted by Gasteiger charge is -2.34. The molecule has 0 aromatic rings. The van der Waals surface area contributed by atoms with Gasteiger partial charge in [-0.1, -0.05) is 40.5 Å². The van der Waals surface area contributed by atoms with Crippen molar-refractivity contribution in [1.29, 1.82) is 0 Å². The minimum atomic E-state index is -0.0104. The van der Waals surface area contributed by atoms with Gasteiger partial charge in [0, 0.05) is 4.87 Å². The van der Waals surface area contributed by atoms with Gasteiger partial charge in [0.2, 0.25) is 0 Å². The highest BCUT2D eigenvalue weighted by molar-refractivity contribution is 6.24. The van der Waals surface area contributed by atoms with Crippen molar-refractivity contribution < 1.29 is 0 Å². The zero-order chi connectivity index (χ0) is 9.07. The third kappa shape index (κ3) is 2.66. The molecule has 0 aliphatic carbocycles. The maximum atomic E-state index is 6.44. The number of alkyl halides is 1. The van der Waals surface area contributed by atoms with Crippen molar-refractivity contribution in [2.24, 2.45) is 11.8 Å². The molecular weight excluding hydrogens is 156 g/mol. The van der Waals surface area contributed by atoms with Gasteiger partial charge >= 0.3 is 0 Å². The molecule has 0 radical (unpaired) electrons. The highest BCUT2D eigenvalue weighted by Crippen LogP contribution is 2.36. The number of halogens is 1. The lowest BCUT2D eigenvalue weighted by Crippen LogP contribution is -2.33. The van der Waals surface area contributed by atoms with Gasteiger partial charge in [-0.15, -0.1) is 11.6 Å². The van der Waals surface area contributed by atoms with Gasteiger partial charge in [0.05, 0.1) is 0 Å². The summed E-state index contributed by atoms with van der Waals surface area (Å²) in [4.78, 5) is -0.0104. The highest BCUT2D eigenvalue weighted by atomic mass is 35.5. The molecule has 2 atom stereocenters. The van der Waals surface area contributed by atoms with Crippen LogP contribution in [0.4, 0.5) is 0 Å². The quantitative estimate of drug-likeness (QED) is 0.567. The Morgan fingerprint density at radius 3 is 1.55 bits per heavy atom. The smallest absolute Gasteiger partial charge is 0.0469 e. The van der Waals surface area contributed by atoms with E-state index >= 15 is 0 Å². The summed E-state index contributed by atoms with van der Waals surface area (Å²) in [5.74, 6) is 1.22. The Bertz CT molecular complexity index is 95.4. The van der Waals surface area contributed by atoms with Gasteiger partial charge < -0.3 is 0 Å². The molecule has 0 N–H and O–H groups in total. The van der Waals surface area contributed by atoms with Gasteiger partial charge in [-0.25, -0.2) is 0 Å². The first-order valence-corrected chi connectivity index (χ1v) is 5.03. The van der Waals surface area contributed by atoms with Crippen LogP contribution in [-0.2, 0) is 0 Å². The van der Waals surface area contributed by atoms with Crippen LogP contribution >= 0.6 is 11.6 Å². The molecule has 0 aromatic carbocycles. The van der Waals surface area contributed by atoms with Crippen LogP contribution < -0.4 is 0 Å². The van der Waals surface area contributed by atoms with Crippen molar-refractivity contribution in [1.82, 2.24) is 0 Å². The average Bonchev–Trinajstić information content (AvgIpc) is 2.01. The molecule has 0 nitrogen and oxygen atoms in total. The molecule has 0 spiro atoms. The van der Waals surface area contributed by atoms with Crippen molar-refractivity contribution in [3.63, 3.8) is 0 Å². The van der Waals surface area contributed by atoms with Crippen LogP contribution in [0, 0.1) is 11.8 Å². The summed E-state index contributed by atoms with van der Waals surface area (Å²) in [6, 6.07) is 0. The lowest BCUT2D eigenvalue weighted by atomic mass is 9.81. The summed E-state index contributed by atoms with van der Waals surface area (Å²) in [6.45, 7) is 11.0. The predicted octanol–water partition coefficient (Wildman–Crippen LogP) is 4.08. The molecule has 0 bridgehead atoms. The van der Waals surface area contributed by atoms with E-state index in [0.29, 0.717) is 11.8 Å². The SMILES string of the molecule is CCC(C)C(C)(Cl)C(C)CC. The largest absolute Gasteiger partial charge is 0.119 e. The second-order valence-corrected chi connectivity index (χ2v) is 4.58. The maximum absolute atomic E-state index is 6.44. The fourth-order valence-corrected chi connectivity index (χ4v) is 1.59. The Kier molecular flexibility index (Phi) is 4.46. The summed E-state index contributed by atoms with van der Waals surface area (Å²) < 4.78 is 0. The molecule has 2 unspecified atom stereocenters. The molecule has 1 heteroatoms. The summed E-state index contributed by atoms with van der Waals surface area (Å²) in [5.41, 5.74) is 0. The molecule has 0 aliphatic heterocycles. The zero-order valence-electron chi connectivity index (χ0n) is 8.45. The third-order valence-electron chi connectivity index (χ3n) is 3.15. The van der Waals surface area contributed by atoms with Gasteiger partial charge in [0.15, 0.2) is 0 Å². The second kappa shape index (κ2) is 4.35. The molecule has 0 fully saturated rings. The van der Waals surface area contributed by atoms with Crippen LogP contribution in [0.3, 0.4) is 0 Å². The standard InChI is InChI=1S/C10H21Cl/c1-6-8(3)10(5,11)9(4)7-2/h8-9H,6-7H2,1-5H3. The fourth-order valence-electron chi connectivity index (χ4n) is 1.28. The number of hydrogen-bond donors (Lipinski definition) is 0. The monoisotopic (exact) mass is 176 g/mol. The average molecular weight is 177 g/mol. The molecule has 0 amide bonds. The Balaban J connectivity index is 4.18. The van der Waals surface area contributed by atoms with Gasteiger partial charge in [-0.3, -0.25) is 0 Å². The van der Waals surface area contributed by atoms with Crippen molar-refractivity contribution >= 4 is 11.6 Å². The van der Waals surface area contributed by atoms with Crippen molar-refractivity contribution in [3.05, 3.63) is 0 Å². The molecule has 68 valence electrons. The molecular formula is C10H21Cl. The minimum absolute atomic E-state index is 0.0104. The zero-order valence-corrected chi connectivity index (χ0v) is 9.20. The Morgan fingerprint density at radius 2 is 1.36 bits per heavy atom. The van der Waals surface area contributed by atoms with Gasteiger partial charge in [0.25, 0.3) is 0 Å². The summed E-state index contributed by atoms with van der Waals surface area (Å²) in [7, 11) is 0. The molecule has 0 rings (SSSR count). The van der Waals surface area contributed by atoms with Crippen molar-refractivity contribution in [2.75, 3.05) is 0 Å². The molecule has 0 heterocycles. The first kappa shape index (κ1) is 11.3. The maximum Gasteiger partial charge on any atom is 0.0469 e. The van der Waals surface area contributed by atoms with E-state index in [1.807, 2.05) is 0 Å². The molecule has 11 heavy (non-hydrogen) atoms. The van der Waals surface area contributed by atoms with E-state index in [1.54, 1.807) is 0 Å². The summed E-state index contributed by atoms with van der Waals surface area (Å²) in [5, 5.41) is 0. The van der Waals surface area contributed by atoms with E-state index in [-0.39, 0.29) is 4.87 Å². The van der Waals surface area contributed by atoms with Gasteiger partial charge in [-0.2, -0.15) is 0 Å². The van der Waals surface area contributed by atoms with Crippen LogP contribution in [0.15, 0.2) is 0 Å². The van der Waals surface area contributed by atoms with E-state index < -0.39 is 0 Å². The van der Waals surface area contributed by atoms with Crippen molar-refractivity contribution in [3.8, 4) is 0 Å². The van der Waals surface area contributed by atoms with E-state index in [1.165, 1.54) is 12.8 Å². The predicted molar refractivity (Wildman–Crippen MR) is 53.2 cm³/mol. The number of rotatable bonds is 4. The van der Waals surface area contributed by atoms with E-state index in [0.717, 1.165) is 0 Å². The summed E-state index contributed by atoms with van der Waals surface area (Å²) in [6.07, 6.45) is 2.34. The van der Waals surface area contributed by atoms with Gasteiger partial charge in [0.1, 0.15) is 0 Å². The van der Waals surface area contributed by atoms with Crippen LogP contribution in [0.1, 0.15) is 47.5 Å². The lowest BCUT2D eigenvalue weighted by molar-refractivity contribution is 0.299. The normalized spacial score (nSPS) is 22.4. The molecule has 0 saturated carbocycles. The second-order valence-electron chi connectivity index (χ2n) is 3.77. The van der Waals surface area contributed by atoms with E-state index in [4.69, 9.17) is 11.6 Å². The van der Waals surface area contributed by atoms with Crippen LogP contribution in [0.5, 0.6) is 0 Å². The first-order chi connectivity index (χ1) is 4.96. The topological polar surface area (TPSA) is 0 Å². The molecule has 0 saturated heterocycles. The van der Waals surface area contributed by atoms with Crippen LogP contribution in [0.2, 0.25) is 0 Å². The molecule has 0 aromatic heterocycles. The Hall–Kier alpha value is 0.290. The minimum Gasteiger partial charge on any atom is -0.119 e. The van der Waals surface area contributed by atoms with Crippen LogP contribution in [0.25, 0.3) is 0 Å². The number of hydrogen-bond acceptors (Lipinski definition) is 0. The van der Waals surface area contributed by atoms with Gasteiger partial charge in [-0.05, 0) is 18.8 Å². The fraction of sp³-hybridized carbons (Fsp3) is 1.00. The highest BCUT2D eigenvalue weighted by Gasteiger charge is 2.32. The summed E-state index contributed by atoms with van der Waals surface area (Å²) >= 11 is 6.44. The Morgan fingerprint density at radius 1 is 1.09 bits per heavy atom. The first-order valence-electron chi connectivity index (χ1n) is 4.65. The molecule has 0 aliphatic rings. The third-order valence-corrected chi connectivity index (χ3v) is 3.90. The Labute approximate surface area is 76.3 Å². The van der Waals surface area contributed by atoms with Crippen molar-refractivity contribution in [2.45, 2.75) is 52.3 Å². The van der Waals surface area contributed by atoms with Crippen LogP contribution in [-0.4, -0.2) is 4.87 Å². The van der Waals surface area contributed by atoms with E-state index in [9.17, 15) is 0 Å².